The Balaban J connectivity index is 2.14. The molecule has 1 N–H and O–H groups in total. The first-order valence-electron chi connectivity index (χ1n) is 6.34. The van der Waals surface area contributed by atoms with Gasteiger partial charge >= 0.3 is 0 Å². The Morgan fingerprint density at radius 2 is 2.10 bits per heavy atom. The number of hydrogen-bond acceptors (Lipinski definition) is 4. The van der Waals surface area contributed by atoms with E-state index in [4.69, 9.17) is 4.74 Å². The second-order valence-corrected chi connectivity index (χ2v) is 5.43. The van der Waals surface area contributed by atoms with E-state index in [1.165, 1.54) is 6.07 Å². The van der Waals surface area contributed by atoms with Crippen LogP contribution in [0.15, 0.2) is 46.9 Å². The van der Waals surface area contributed by atoms with E-state index in [1.54, 1.807) is 19.2 Å². The summed E-state index contributed by atoms with van der Waals surface area (Å²) in [4.78, 5) is 10.7. The summed E-state index contributed by atoms with van der Waals surface area (Å²) in [7, 11) is 1.64. The van der Waals surface area contributed by atoms with Gasteiger partial charge in [0.15, 0.2) is 0 Å². The van der Waals surface area contributed by atoms with Gasteiger partial charge in [0.2, 0.25) is 0 Å². The second kappa shape index (κ2) is 7.19. The number of benzene rings is 2. The number of hydrogen-bond donors (Lipinski definition) is 1. The maximum absolute atomic E-state index is 11.0. The van der Waals surface area contributed by atoms with Crippen molar-refractivity contribution < 1.29 is 9.66 Å². The number of nitro benzene ring substituents is 1. The van der Waals surface area contributed by atoms with Gasteiger partial charge in [-0.2, -0.15) is 0 Å². The third-order valence-corrected chi connectivity index (χ3v) is 3.45. The van der Waals surface area contributed by atoms with Crippen molar-refractivity contribution in [1.29, 1.82) is 0 Å². The summed E-state index contributed by atoms with van der Waals surface area (Å²) < 4.78 is 5.91. The molecule has 0 aliphatic heterocycles. The number of halogens is 1. The third kappa shape index (κ3) is 4.27. The van der Waals surface area contributed by atoms with Crippen LogP contribution in [0.5, 0.6) is 0 Å². The van der Waals surface area contributed by atoms with Crippen molar-refractivity contribution in [1.82, 2.24) is 0 Å². The molecule has 0 fully saturated rings. The Morgan fingerprint density at radius 1 is 1.29 bits per heavy atom. The van der Waals surface area contributed by atoms with Crippen LogP contribution in [-0.4, -0.2) is 12.0 Å². The molecule has 5 nitrogen and oxygen atoms in total. The number of anilines is 1. The lowest BCUT2D eigenvalue weighted by Gasteiger charge is -2.09. The van der Waals surface area contributed by atoms with Crippen LogP contribution in [-0.2, 0) is 17.9 Å². The van der Waals surface area contributed by atoms with Crippen LogP contribution in [0.1, 0.15) is 11.1 Å². The standard InChI is InChI=1S/C15H15BrN2O3/c1-21-10-11-3-2-4-14(7-11)17-9-12-8-13(16)5-6-15(12)18(19)20/h2-8,17H,9-10H2,1H3. The molecule has 21 heavy (non-hydrogen) atoms. The van der Waals surface area contributed by atoms with Gasteiger partial charge in [-0.05, 0) is 29.8 Å². The third-order valence-electron chi connectivity index (χ3n) is 2.96. The van der Waals surface area contributed by atoms with E-state index in [1.807, 2.05) is 24.3 Å². The molecule has 0 saturated heterocycles. The van der Waals surface area contributed by atoms with Gasteiger partial charge in [0.05, 0.1) is 11.5 Å². The highest BCUT2D eigenvalue weighted by Crippen LogP contribution is 2.24. The molecule has 0 aromatic heterocycles. The molecule has 2 aromatic rings. The monoisotopic (exact) mass is 350 g/mol. The van der Waals surface area contributed by atoms with Gasteiger partial charge in [-0.25, -0.2) is 0 Å². The summed E-state index contributed by atoms with van der Waals surface area (Å²) in [6.07, 6.45) is 0. The lowest BCUT2D eigenvalue weighted by Crippen LogP contribution is -2.03. The van der Waals surface area contributed by atoms with Gasteiger partial charge in [0, 0.05) is 35.4 Å². The maximum atomic E-state index is 11.0. The van der Waals surface area contributed by atoms with Crippen LogP contribution < -0.4 is 5.32 Å². The van der Waals surface area contributed by atoms with Crippen molar-refractivity contribution in [3.05, 3.63) is 68.2 Å². The van der Waals surface area contributed by atoms with E-state index in [9.17, 15) is 10.1 Å². The van der Waals surface area contributed by atoms with Gasteiger partial charge in [-0.1, -0.05) is 28.1 Å². The van der Waals surface area contributed by atoms with Crippen molar-refractivity contribution in [2.45, 2.75) is 13.2 Å². The summed E-state index contributed by atoms with van der Waals surface area (Å²) in [5, 5.41) is 14.2. The minimum Gasteiger partial charge on any atom is -0.381 e. The molecule has 0 amide bonds. The van der Waals surface area contributed by atoms with E-state index in [-0.39, 0.29) is 10.6 Å². The van der Waals surface area contributed by atoms with Crippen molar-refractivity contribution in [3.8, 4) is 0 Å². The minimum absolute atomic E-state index is 0.110. The number of rotatable bonds is 6. The lowest BCUT2D eigenvalue weighted by molar-refractivity contribution is -0.385. The molecule has 0 spiro atoms. The van der Waals surface area contributed by atoms with Crippen molar-refractivity contribution in [2.24, 2.45) is 0 Å². The fourth-order valence-corrected chi connectivity index (χ4v) is 2.42. The van der Waals surface area contributed by atoms with Gasteiger partial charge in [0.25, 0.3) is 5.69 Å². The molecule has 110 valence electrons. The smallest absolute Gasteiger partial charge is 0.274 e. The molecule has 0 heterocycles. The van der Waals surface area contributed by atoms with Crippen LogP contribution in [0.4, 0.5) is 11.4 Å². The largest absolute Gasteiger partial charge is 0.381 e. The molecule has 0 aliphatic carbocycles. The summed E-state index contributed by atoms with van der Waals surface area (Å²) in [6.45, 7) is 0.915. The Bertz CT molecular complexity index is 647. The molecule has 0 radical (unpaired) electrons. The Hall–Kier alpha value is -1.92. The quantitative estimate of drug-likeness (QED) is 0.628. The van der Waals surface area contributed by atoms with Crippen LogP contribution in [0.3, 0.4) is 0 Å². The predicted molar refractivity (Wildman–Crippen MR) is 85.3 cm³/mol. The van der Waals surface area contributed by atoms with E-state index < -0.39 is 0 Å². The second-order valence-electron chi connectivity index (χ2n) is 4.52. The molecule has 6 heteroatoms. The van der Waals surface area contributed by atoms with Gasteiger partial charge in [0.1, 0.15) is 0 Å². The zero-order valence-corrected chi connectivity index (χ0v) is 13.1. The average Bonchev–Trinajstić information content (AvgIpc) is 2.45. The van der Waals surface area contributed by atoms with Crippen molar-refractivity contribution in [2.75, 3.05) is 12.4 Å². The average molecular weight is 351 g/mol. The molecule has 0 aliphatic rings. The molecule has 0 atom stereocenters. The maximum Gasteiger partial charge on any atom is 0.274 e. The normalized spacial score (nSPS) is 10.4. The van der Waals surface area contributed by atoms with Crippen LogP contribution in [0, 0.1) is 10.1 Å². The summed E-state index contributed by atoms with van der Waals surface area (Å²) in [6, 6.07) is 12.7. The van der Waals surface area contributed by atoms with Crippen LogP contribution in [0.2, 0.25) is 0 Å². The predicted octanol–water partition coefficient (Wildman–Crippen LogP) is 4.12. The van der Waals surface area contributed by atoms with Crippen LogP contribution >= 0.6 is 15.9 Å². The summed E-state index contributed by atoms with van der Waals surface area (Å²) in [5.41, 5.74) is 2.69. The molecule has 0 bridgehead atoms. The number of methoxy groups -OCH3 is 1. The van der Waals surface area contributed by atoms with Gasteiger partial charge < -0.3 is 10.1 Å². The number of nitrogens with zero attached hydrogens (tertiary/aromatic N) is 1. The highest BCUT2D eigenvalue weighted by molar-refractivity contribution is 9.10. The Kier molecular flexibility index (Phi) is 5.30. The minimum atomic E-state index is -0.370. The lowest BCUT2D eigenvalue weighted by atomic mass is 10.1. The topological polar surface area (TPSA) is 64.4 Å². The summed E-state index contributed by atoms with van der Waals surface area (Å²) in [5.74, 6) is 0. The molecule has 0 saturated carbocycles. The number of nitrogens with one attached hydrogen (secondary N) is 1. The molecule has 2 rings (SSSR count). The molecular formula is C15H15BrN2O3. The van der Waals surface area contributed by atoms with Gasteiger partial charge in [-0.3, -0.25) is 10.1 Å². The zero-order chi connectivity index (χ0) is 15.2. The first-order chi connectivity index (χ1) is 10.1. The molecular weight excluding hydrogens is 336 g/mol. The van der Waals surface area contributed by atoms with E-state index in [0.29, 0.717) is 18.7 Å². The molecule has 2 aromatic carbocycles. The zero-order valence-electron chi connectivity index (χ0n) is 11.5. The van der Waals surface area contributed by atoms with Crippen LogP contribution in [0.25, 0.3) is 0 Å². The van der Waals surface area contributed by atoms with Crippen molar-refractivity contribution in [3.63, 3.8) is 0 Å². The SMILES string of the molecule is COCc1cccc(NCc2cc(Br)ccc2[N+](=O)[O-])c1. The van der Waals surface area contributed by atoms with E-state index in [2.05, 4.69) is 21.2 Å². The van der Waals surface area contributed by atoms with E-state index in [0.717, 1.165) is 15.7 Å². The Morgan fingerprint density at radius 3 is 2.81 bits per heavy atom. The fraction of sp³-hybridized carbons (Fsp3) is 0.200. The Labute approximate surface area is 131 Å². The van der Waals surface area contributed by atoms with Gasteiger partial charge in [-0.15, -0.1) is 0 Å². The highest BCUT2D eigenvalue weighted by atomic mass is 79.9. The number of ether oxygens (including phenoxy) is 1. The fourth-order valence-electron chi connectivity index (χ4n) is 2.01. The number of nitro groups is 1. The first kappa shape index (κ1) is 15.5. The summed E-state index contributed by atoms with van der Waals surface area (Å²) >= 11 is 3.34. The van der Waals surface area contributed by atoms with Crippen molar-refractivity contribution >= 4 is 27.3 Å². The molecule has 0 unspecified atom stereocenters. The first-order valence-corrected chi connectivity index (χ1v) is 7.14. The highest BCUT2D eigenvalue weighted by Gasteiger charge is 2.13. The van der Waals surface area contributed by atoms with E-state index >= 15 is 0 Å².